The third kappa shape index (κ3) is 4.56. The first kappa shape index (κ1) is 19.4. The van der Waals surface area contributed by atoms with Crippen LogP contribution in [0.5, 0.6) is 11.5 Å². The number of H-pyrrole nitrogens is 1. The normalized spacial score (nSPS) is 12.6. The Balaban J connectivity index is 1.45. The lowest BCUT2D eigenvalue weighted by Crippen LogP contribution is -2.25. The van der Waals surface area contributed by atoms with Gasteiger partial charge < -0.3 is 14.8 Å². The van der Waals surface area contributed by atoms with Crippen LogP contribution in [0.15, 0.2) is 48.5 Å². The summed E-state index contributed by atoms with van der Waals surface area (Å²) in [6.07, 6.45) is 0. The van der Waals surface area contributed by atoms with Gasteiger partial charge >= 0.3 is 0 Å². The quantitative estimate of drug-likeness (QED) is 0.577. The first-order valence-electron chi connectivity index (χ1n) is 9.66. The van der Waals surface area contributed by atoms with Gasteiger partial charge in [0.1, 0.15) is 13.2 Å². The summed E-state index contributed by atoms with van der Waals surface area (Å²) in [5.41, 5.74) is 4.30. The molecular formula is C22H23N3O3S. The number of amides is 1. The SMILES string of the molecule is CCSCCNC(=O)c1ccc(-c2cc(-c3ccc4c(c3)OCCO4)n[nH]2)cc1. The fraction of sp³-hybridized carbons (Fsp3) is 0.273. The first-order valence-corrected chi connectivity index (χ1v) is 10.8. The molecule has 0 unspecified atom stereocenters. The minimum Gasteiger partial charge on any atom is -0.486 e. The highest BCUT2D eigenvalue weighted by Gasteiger charge is 2.14. The zero-order valence-electron chi connectivity index (χ0n) is 16.2. The van der Waals surface area contributed by atoms with Gasteiger partial charge in [0.2, 0.25) is 0 Å². The van der Waals surface area contributed by atoms with Gasteiger partial charge in [0.05, 0.1) is 11.4 Å². The number of fused-ring (bicyclic) bond motifs is 1. The number of carbonyl (C=O) groups excluding carboxylic acids is 1. The zero-order chi connectivity index (χ0) is 20.1. The molecule has 1 aromatic heterocycles. The Bertz CT molecular complexity index is 985. The van der Waals surface area contributed by atoms with Crippen molar-refractivity contribution in [2.24, 2.45) is 0 Å². The molecule has 2 heterocycles. The van der Waals surface area contributed by atoms with Crippen LogP contribution in [0, 0.1) is 0 Å². The van der Waals surface area contributed by atoms with Crippen molar-refractivity contribution >= 4 is 17.7 Å². The van der Waals surface area contributed by atoms with E-state index in [4.69, 9.17) is 9.47 Å². The monoisotopic (exact) mass is 409 g/mol. The van der Waals surface area contributed by atoms with Gasteiger partial charge in [0.25, 0.3) is 5.91 Å². The number of rotatable bonds is 7. The molecule has 0 spiro atoms. The van der Waals surface area contributed by atoms with Crippen LogP contribution >= 0.6 is 11.8 Å². The average molecular weight is 410 g/mol. The zero-order valence-corrected chi connectivity index (χ0v) is 17.1. The maximum atomic E-state index is 12.2. The van der Waals surface area contributed by atoms with E-state index in [-0.39, 0.29) is 5.91 Å². The van der Waals surface area contributed by atoms with Crippen molar-refractivity contribution in [2.75, 3.05) is 31.3 Å². The van der Waals surface area contributed by atoms with Crippen molar-refractivity contribution in [3.05, 3.63) is 54.1 Å². The summed E-state index contributed by atoms with van der Waals surface area (Å²) in [4.78, 5) is 12.2. The fourth-order valence-corrected chi connectivity index (χ4v) is 3.64. The summed E-state index contributed by atoms with van der Waals surface area (Å²) in [6.45, 7) is 3.92. The van der Waals surface area contributed by atoms with Gasteiger partial charge in [-0.2, -0.15) is 16.9 Å². The summed E-state index contributed by atoms with van der Waals surface area (Å²) in [5, 5.41) is 10.4. The average Bonchev–Trinajstić information content (AvgIpc) is 3.27. The predicted octanol–water partition coefficient (Wildman–Crippen LogP) is 4.00. The molecule has 2 aromatic carbocycles. The van der Waals surface area contributed by atoms with Crippen molar-refractivity contribution in [3.63, 3.8) is 0 Å². The van der Waals surface area contributed by atoms with E-state index >= 15 is 0 Å². The highest BCUT2D eigenvalue weighted by molar-refractivity contribution is 7.99. The van der Waals surface area contributed by atoms with Crippen LogP contribution in [0.3, 0.4) is 0 Å². The molecule has 0 aliphatic carbocycles. The van der Waals surface area contributed by atoms with Crippen LogP contribution in [-0.2, 0) is 0 Å². The van der Waals surface area contributed by atoms with Crippen molar-refractivity contribution in [3.8, 4) is 34.0 Å². The second-order valence-corrected chi connectivity index (χ2v) is 7.95. The Labute approximate surface area is 174 Å². The number of nitrogens with one attached hydrogen (secondary N) is 2. The van der Waals surface area contributed by atoms with Gasteiger partial charge in [-0.25, -0.2) is 0 Å². The third-order valence-corrected chi connectivity index (χ3v) is 5.51. The van der Waals surface area contributed by atoms with E-state index in [9.17, 15) is 4.79 Å². The molecule has 7 heteroatoms. The molecule has 3 aromatic rings. The fourth-order valence-electron chi connectivity index (χ4n) is 3.10. The molecule has 29 heavy (non-hydrogen) atoms. The molecule has 1 aliphatic rings. The molecule has 0 saturated carbocycles. The van der Waals surface area contributed by atoms with Crippen molar-refractivity contribution < 1.29 is 14.3 Å². The Morgan fingerprint density at radius 2 is 1.83 bits per heavy atom. The van der Waals surface area contributed by atoms with Crippen LogP contribution in [0.4, 0.5) is 0 Å². The number of hydrogen-bond acceptors (Lipinski definition) is 5. The van der Waals surface area contributed by atoms with E-state index in [0.717, 1.165) is 45.5 Å². The van der Waals surface area contributed by atoms with E-state index in [1.54, 1.807) is 0 Å². The Kier molecular flexibility index (Phi) is 6.05. The molecule has 6 nitrogen and oxygen atoms in total. The van der Waals surface area contributed by atoms with Gasteiger partial charge in [-0.3, -0.25) is 9.89 Å². The lowest BCUT2D eigenvalue weighted by atomic mass is 10.1. The molecular weight excluding hydrogens is 386 g/mol. The largest absolute Gasteiger partial charge is 0.486 e. The second-order valence-electron chi connectivity index (χ2n) is 6.56. The standard InChI is InChI=1S/C22H23N3O3S/c1-2-29-12-9-23-22(26)16-5-3-15(4-6-16)18-14-19(25-24-18)17-7-8-20-21(13-17)28-11-10-27-20/h3-8,13-14H,2,9-12H2,1H3,(H,23,26)(H,24,25). The van der Waals surface area contributed by atoms with Gasteiger partial charge in [0.15, 0.2) is 11.5 Å². The predicted molar refractivity (Wildman–Crippen MR) is 116 cm³/mol. The Morgan fingerprint density at radius 3 is 2.62 bits per heavy atom. The highest BCUT2D eigenvalue weighted by Crippen LogP contribution is 2.34. The van der Waals surface area contributed by atoms with E-state index < -0.39 is 0 Å². The van der Waals surface area contributed by atoms with Gasteiger partial charge in [0, 0.05) is 23.4 Å². The van der Waals surface area contributed by atoms with Gasteiger partial charge in [-0.05, 0) is 47.7 Å². The number of benzene rings is 2. The molecule has 4 rings (SSSR count). The number of ether oxygens (including phenoxy) is 2. The summed E-state index contributed by atoms with van der Waals surface area (Å²) in [5.74, 6) is 3.44. The molecule has 150 valence electrons. The topological polar surface area (TPSA) is 76.2 Å². The maximum Gasteiger partial charge on any atom is 0.251 e. The molecule has 0 saturated heterocycles. The number of carbonyl (C=O) groups is 1. The van der Waals surface area contributed by atoms with E-state index in [1.807, 2.05) is 60.3 Å². The molecule has 0 atom stereocenters. The molecule has 1 aliphatic heterocycles. The maximum absolute atomic E-state index is 12.2. The first-order chi connectivity index (χ1) is 14.2. The van der Waals surface area contributed by atoms with Crippen molar-refractivity contribution in [1.29, 1.82) is 0 Å². The van der Waals surface area contributed by atoms with Crippen LogP contribution < -0.4 is 14.8 Å². The van der Waals surface area contributed by atoms with Crippen LogP contribution in [0.2, 0.25) is 0 Å². The highest BCUT2D eigenvalue weighted by atomic mass is 32.2. The number of hydrogen-bond donors (Lipinski definition) is 2. The Morgan fingerprint density at radius 1 is 1.07 bits per heavy atom. The summed E-state index contributed by atoms with van der Waals surface area (Å²) in [7, 11) is 0. The second kappa shape index (κ2) is 9.05. The number of aromatic nitrogens is 2. The third-order valence-electron chi connectivity index (χ3n) is 4.61. The smallest absolute Gasteiger partial charge is 0.251 e. The van der Waals surface area contributed by atoms with E-state index in [1.165, 1.54) is 0 Å². The minimum atomic E-state index is -0.0465. The molecule has 1 amide bonds. The van der Waals surface area contributed by atoms with Gasteiger partial charge in [-0.1, -0.05) is 19.1 Å². The Hall–Kier alpha value is -2.93. The molecule has 0 fully saturated rings. The van der Waals surface area contributed by atoms with Crippen molar-refractivity contribution in [1.82, 2.24) is 15.5 Å². The molecule has 0 radical (unpaired) electrons. The minimum absolute atomic E-state index is 0.0465. The lowest BCUT2D eigenvalue weighted by Gasteiger charge is -2.18. The van der Waals surface area contributed by atoms with E-state index in [2.05, 4.69) is 22.4 Å². The summed E-state index contributed by atoms with van der Waals surface area (Å²) >= 11 is 1.81. The van der Waals surface area contributed by atoms with Crippen LogP contribution in [0.25, 0.3) is 22.5 Å². The van der Waals surface area contributed by atoms with Gasteiger partial charge in [-0.15, -0.1) is 0 Å². The van der Waals surface area contributed by atoms with Crippen LogP contribution in [0.1, 0.15) is 17.3 Å². The van der Waals surface area contributed by atoms with Crippen molar-refractivity contribution in [2.45, 2.75) is 6.92 Å². The number of aromatic amines is 1. The molecule has 2 N–H and O–H groups in total. The number of thioether (sulfide) groups is 1. The summed E-state index contributed by atoms with van der Waals surface area (Å²) in [6, 6.07) is 15.3. The lowest BCUT2D eigenvalue weighted by molar-refractivity contribution is 0.0956. The number of nitrogens with zero attached hydrogens (tertiary/aromatic N) is 1. The molecule has 0 bridgehead atoms. The van der Waals surface area contributed by atoms with E-state index in [0.29, 0.717) is 25.3 Å². The summed E-state index contributed by atoms with van der Waals surface area (Å²) < 4.78 is 11.2. The van der Waals surface area contributed by atoms with Crippen LogP contribution in [-0.4, -0.2) is 47.4 Å².